The van der Waals surface area contributed by atoms with Crippen molar-refractivity contribution in [2.75, 3.05) is 11.8 Å². The van der Waals surface area contributed by atoms with Gasteiger partial charge in [-0.05, 0) is 42.5 Å². The Morgan fingerprint density at radius 1 is 0.844 bits per heavy atom. The number of anilines is 1. The van der Waals surface area contributed by atoms with Gasteiger partial charge in [0, 0.05) is 5.56 Å². The van der Waals surface area contributed by atoms with Crippen LogP contribution in [0.3, 0.4) is 0 Å². The van der Waals surface area contributed by atoms with Crippen LogP contribution >= 0.6 is 23.2 Å². The van der Waals surface area contributed by atoms with Crippen LogP contribution in [0.15, 0.2) is 71.6 Å². The summed E-state index contributed by atoms with van der Waals surface area (Å²) in [5.74, 6) is -1.08. The minimum Gasteiger partial charge on any atom is -0.495 e. The maximum Gasteiger partial charge on any atom is 0.271 e. The minimum atomic E-state index is -4.16. The molecule has 0 saturated heterocycles. The van der Waals surface area contributed by atoms with Crippen LogP contribution in [0.5, 0.6) is 5.75 Å². The van der Waals surface area contributed by atoms with E-state index in [1.807, 2.05) is 0 Å². The van der Waals surface area contributed by atoms with Crippen LogP contribution in [0.1, 0.15) is 20.7 Å². The first-order valence-electron chi connectivity index (χ1n) is 9.03. The van der Waals surface area contributed by atoms with Gasteiger partial charge >= 0.3 is 0 Å². The Balaban J connectivity index is 1.79. The van der Waals surface area contributed by atoms with Crippen LogP contribution in [0.25, 0.3) is 0 Å². The molecule has 11 heteroatoms. The molecule has 0 bridgehead atoms. The standard InChI is InChI=1S/C21H17Cl2N3O5S/c1-31-18-9-5-4-8-17(18)26-32(29,30)19-12-13(10-11-16(19)23)20(27)24-25-21(28)14-6-2-3-7-15(14)22/h2-12,26H,1H3,(H,24,27)(H,25,28). The molecule has 0 aliphatic carbocycles. The van der Waals surface area contributed by atoms with Crippen molar-refractivity contribution in [2.45, 2.75) is 4.90 Å². The molecule has 32 heavy (non-hydrogen) atoms. The fraction of sp³-hybridized carbons (Fsp3) is 0.0476. The van der Waals surface area contributed by atoms with Gasteiger partial charge in [0.05, 0.1) is 28.4 Å². The molecule has 0 unspecified atom stereocenters. The normalized spacial score (nSPS) is 10.8. The quantitative estimate of drug-likeness (QED) is 0.451. The molecule has 0 atom stereocenters. The lowest BCUT2D eigenvalue weighted by atomic mass is 10.2. The molecule has 0 saturated carbocycles. The molecule has 3 rings (SSSR count). The monoisotopic (exact) mass is 493 g/mol. The molecule has 0 aromatic heterocycles. The first-order chi connectivity index (χ1) is 15.2. The molecule has 0 heterocycles. The molecule has 166 valence electrons. The molecule has 3 aromatic rings. The van der Waals surface area contributed by atoms with Gasteiger partial charge in [0.15, 0.2) is 0 Å². The van der Waals surface area contributed by atoms with Crippen molar-refractivity contribution >= 4 is 50.7 Å². The molecule has 3 N–H and O–H groups in total. The zero-order valence-corrected chi connectivity index (χ0v) is 18.9. The Bertz CT molecular complexity index is 1280. The van der Waals surface area contributed by atoms with Crippen molar-refractivity contribution in [1.82, 2.24) is 10.9 Å². The van der Waals surface area contributed by atoms with Gasteiger partial charge in [-0.3, -0.25) is 25.2 Å². The molecule has 0 spiro atoms. The van der Waals surface area contributed by atoms with Crippen LogP contribution in [0.4, 0.5) is 5.69 Å². The summed E-state index contributed by atoms with van der Waals surface area (Å²) < 4.78 is 33.3. The number of hydrazine groups is 1. The van der Waals surface area contributed by atoms with Crippen molar-refractivity contribution in [1.29, 1.82) is 0 Å². The predicted molar refractivity (Wildman–Crippen MR) is 122 cm³/mol. The highest BCUT2D eigenvalue weighted by molar-refractivity contribution is 7.92. The van der Waals surface area contributed by atoms with Gasteiger partial charge in [-0.1, -0.05) is 47.5 Å². The molecular weight excluding hydrogens is 477 g/mol. The number of para-hydroxylation sites is 2. The van der Waals surface area contributed by atoms with Gasteiger partial charge in [0.25, 0.3) is 21.8 Å². The Morgan fingerprint density at radius 2 is 1.50 bits per heavy atom. The van der Waals surface area contributed by atoms with E-state index in [0.717, 1.165) is 6.07 Å². The van der Waals surface area contributed by atoms with E-state index in [1.165, 1.54) is 37.4 Å². The van der Waals surface area contributed by atoms with E-state index in [2.05, 4.69) is 15.6 Å². The second kappa shape index (κ2) is 9.90. The second-order valence-corrected chi connectivity index (χ2v) is 8.80. The second-order valence-electron chi connectivity index (χ2n) is 6.34. The van der Waals surface area contributed by atoms with Gasteiger partial charge in [-0.25, -0.2) is 8.42 Å². The fourth-order valence-corrected chi connectivity index (χ4v) is 4.50. The Hall–Kier alpha value is -3.27. The molecule has 8 nitrogen and oxygen atoms in total. The predicted octanol–water partition coefficient (Wildman–Crippen LogP) is 3.88. The van der Waals surface area contributed by atoms with Crippen molar-refractivity contribution in [3.05, 3.63) is 87.9 Å². The van der Waals surface area contributed by atoms with Gasteiger partial charge in [0.2, 0.25) is 0 Å². The van der Waals surface area contributed by atoms with Crippen LogP contribution in [-0.2, 0) is 10.0 Å². The Morgan fingerprint density at radius 3 is 2.22 bits per heavy atom. The lowest BCUT2D eigenvalue weighted by Gasteiger charge is -2.13. The largest absolute Gasteiger partial charge is 0.495 e. The third-order valence-corrected chi connectivity index (χ3v) is 6.42. The van der Waals surface area contributed by atoms with Crippen molar-refractivity contribution in [2.24, 2.45) is 0 Å². The van der Waals surface area contributed by atoms with Gasteiger partial charge in [-0.2, -0.15) is 0 Å². The summed E-state index contributed by atoms with van der Waals surface area (Å²) in [6.07, 6.45) is 0. The topological polar surface area (TPSA) is 114 Å². The summed E-state index contributed by atoms with van der Waals surface area (Å²) in [5, 5.41) is 0.116. The zero-order valence-electron chi connectivity index (χ0n) is 16.6. The van der Waals surface area contributed by atoms with E-state index >= 15 is 0 Å². The van der Waals surface area contributed by atoms with E-state index < -0.39 is 21.8 Å². The van der Waals surface area contributed by atoms with Crippen LogP contribution in [-0.4, -0.2) is 27.3 Å². The molecular formula is C21H17Cl2N3O5S. The average molecular weight is 494 g/mol. The zero-order chi connectivity index (χ0) is 23.3. The molecule has 0 aliphatic rings. The molecule has 0 radical (unpaired) electrons. The fourth-order valence-electron chi connectivity index (χ4n) is 2.68. The number of carbonyl (C=O) groups is 2. The number of carbonyl (C=O) groups excluding carboxylic acids is 2. The third kappa shape index (κ3) is 5.31. The first-order valence-corrected chi connectivity index (χ1v) is 11.3. The molecule has 0 aliphatic heterocycles. The van der Waals surface area contributed by atoms with E-state index in [4.69, 9.17) is 27.9 Å². The molecule has 3 aromatic carbocycles. The number of hydrogen-bond acceptors (Lipinski definition) is 5. The lowest BCUT2D eigenvalue weighted by Crippen LogP contribution is -2.41. The summed E-state index contributed by atoms with van der Waals surface area (Å²) >= 11 is 12.0. The van der Waals surface area contributed by atoms with Gasteiger partial charge < -0.3 is 4.74 Å². The Kier molecular flexibility index (Phi) is 7.24. The highest BCUT2D eigenvalue weighted by atomic mass is 35.5. The molecule has 0 fully saturated rings. The van der Waals surface area contributed by atoms with E-state index in [9.17, 15) is 18.0 Å². The number of hydrogen-bond donors (Lipinski definition) is 3. The smallest absolute Gasteiger partial charge is 0.271 e. The number of nitrogens with one attached hydrogen (secondary N) is 3. The SMILES string of the molecule is COc1ccccc1NS(=O)(=O)c1cc(C(=O)NNC(=O)c2ccccc2Cl)ccc1Cl. The number of rotatable bonds is 6. The minimum absolute atomic E-state index is 0.0470. The van der Waals surface area contributed by atoms with E-state index in [1.54, 1.807) is 30.3 Å². The van der Waals surface area contributed by atoms with Crippen molar-refractivity contribution < 1.29 is 22.7 Å². The molecule has 2 amide bonds. The third-order valence-electron chi connectivity index (χ3n) is 4.24. The summed E-state index contributed by atoms with van der Waals surface area (Å²) in [6, 6.07) is 16.4. The highest BCUT2D eigenvalue weighted by Crippen LogP contribution is 2.29. The van der Waals surface area contributed by atoms with Crippen molar-refractivity contribution in [3.63, 3.8) is 0 Å². The van der Waals surface area contributed by atoms with E-state index in [-0.39, 0.29) is 31.8 Å². The summed E-state index contributed by atoms with van der Waals surface area (Å²) in [6.45, 7) is 0. The Labute approximate surface area is 194 Å². The van der Waals surface area contributed by atoms with E-state index in [0.29, 0.717) is 5.75 Å². The number of halogens is 2. The summed E-state index contributed by atoms with van der Waals surface area (Å²) in [5.41, 5.74) is 4.76. The number of sulfonamides is 1. The summed E-state index contributed by atoms with van der Waals surface area (Å²) in [7, 11) is -2.75. The number of methoxy groups -OCH3 is 1. The number of benzene rings is 3. The maximum absolute atomic E-state index is 12.9. The lowest BCUT2D eigenvalue weighted by molar-refractivity contribution is 0.0846. The summed E-state index contributed by atoms with van der Waals surface area (Å²) in [4.78, 5) is 24.3. The maximum atomic E-state index is 12.9. The van der Waals surface area contributed by atoms with Crippen LogP contribution in [0, 0.1) is 0 Å². The number of ether oxygens (including phenoxy) is 1. The van der Waals surface area contributed by atoms with Gasteiger partial charge in [0.1, 0.15) is 10.6 Å². The highest BCUT2D eigenvalue weighted by Gasteiger charge is 2.22. The first kappa shape index (κ1) is 23.4. The number of amides is 2. The van der Waals surface area contributed by atoms with Crippen LogP contribution < -0.4 is 20.3 Å². The van der Waals surface area contributed by atoms with Crippen molar-refractivity contribution in [3.8, 4) is 5.75 Å². The van der Waals surface area contributed by atoms with Gasteiger partial charge in [-0.15, -0.1) is 0 Å². The van der Waals surface area contributed by atoms with Crippen LogP contribution in [0.2, 0.25) is 10.0 Å². The average Bonchev–Trinajstić information content (AvgIpc) is 2.77.